The van der Waals surface area contributed by atoms with Crippen LogP contribution in [0.1, 0.15) is 15.9 Å². The van der Waals surface area contributed by atoms with E-state index in [2.05, 4.69) is 5.32 Å². The molecule has 1 unspecified atom stereocenters. The third-order valence-electron chi connectivity index (χ3n) is 2.87. The lowest BCUT2D eigenvalue weighted by Gasteiger charge is -2.25. The Morgan fingerprint density at radius 2 is 1.64 bits per heavy atom. The number of alkyl halides is 3. The molecule has 2 aromatic rings. The van der Waals surface area contributed by atoms with E-state index < -0.39 is 9.17 Å². The molecule has 2 aromatic carbocycles. The van der Waals surface area contributed by atoms with Crippen LogP contribution >= 0.6 is 46.6 Å². The van der Waals surface area contributed by atoms with Crippen molar-refractivity contribution in [3.63, 3.8) is 0 Å². The van der Waals surface area contributed by atoms with Crippen molar-refractivity contribution in [1.82, 2.24) is 5.32 Å². The molecule has 0 bridgehead atoms. The van der Waals surface area contributed by atoms with E-state index in [0.29, 0.717) is 5.56 Å². The number of amides is 1. The van der Waals surface area contributed by atoms with Gasteiger partial charge in [0, 0.05) is 10.5 Å². The molecular formula is C16H14Cl3NOS. The fourth-order valence-electron chi connectivity index (χ4n) is 1.72. The molecule has 116 valence electrons. The Balaban J connectivity index is 2.13. The van der Waals surface area contributed by atoms with Gasteiger partial charge in [0.1, 0.15) is 5.37 Å². The zero-order valence-corrected chi connectivity index (χ0v) is 14.8. The lowest BCUT2D eigenvalue weighted by molar-refractivity contribution is 0.0950. The number of hydrogen-bond acceptors (Lipinski definition) is 2. The minimum absolute atomic E-state index is 0.278. The molecule has 6 heteroatoms. The van der Waals surface area contributed by atoms with Crippen molar-refractivity contribution in [3.05, 3.63) is 65.7 Å². The molecule has 2 nitrogen and oxygen atoms in total. The molecule has 0 spiro atoms. The smallest absolute Gasteiger partial charge is 0.252 e. The van der Waals surface area contributed by atoms with Gasteiger partial charge in [-0.25, -0.2) is 0 Å². The maximum absolute atomic E-state index is 12.3. The van der Waals surface area contributed by atoms with Crippen LogP contribution in [-0.2, 0) is 0 Å². The molecule has 0 aliphatic carbocycles. The summed E-state index contributed by atoms with van der Waals surface area (Å²) in [6.07, 6.45) is 0. The molecular weight excluding hydrogens is 361 g/mol. The topological polar surface area (TPSA) is 29.1 Å². The van der Waals surface area contributed by atoms with Crippen molar-refractivity contribution in [2.75, 3.05) is 0 Å². The highest BCUT2D eigenvalue weighted by Crippen LogP contribution is 2.39. The van der Waals surface area contributed by atoms with Gasteiger partial charge in [0.15, 0.2) is 0 Å². The summed E-state index contributed by atoms with van der Waals surface area (Å²) in [5, 5.41) is 2.07. The molecule has 1 N–H and O–H groups in total. The molecule has 22 heavy (non-hydrogen) atoms. The number of hydrogen-bond donors (Lipinski definition) is 1. The van der Waals surface area contributed by atoms with Crippen LogP contribution in [0.25, 0.3) is 0 Å². The maximum Gasteiger partial charge on any atom is 0.252 e. The number of rotatable bonds is 4. The van der Waals surface area contributed by atoms with Crippen LogP contribution in [0.5, 0.6) is 0 Å². The van der Waals surface area contributed by atoms with E-state index in [1.54, 1.807) is 12.1 Å². The first kappa shape index (κ1) is 17.5. The van der Waals surface area contributed by atoms with Crippen LogP contribution in [0.4, 0.5) is 0 Å². The summed E-state index contributed by atoms with van der Waals surface area (Å²) in [6.45, 7) is 1.96. The van der Waals surface area contributed by atoms with E-state index in [4.69, 9.17) is 34.8 Å². The first-order valence-corrected chi connectivity index (χ1v) is 8.53. The Bertz CT molecular complexity index is 626. The zero-order chi connectivity index (χ0) is 16.2. The summed E-state index contributed by atoms with van der Waals surface area (Å²) in [6, 6.07) is 16.7. The quantitative estimate of drug-likeness (QED) is 0.452. The van der Waals surface area contributed by atoms with Gasteiger partial charge in [-0.1, -0.05) is 82.5 Å². The Kier molecular flexibility index (Phi) is 6.04. The molecule has 0 saturated heterocycles. The number of carbonyl (C=O) groups is 1. The third-order valence-corrected chi connectivity index (χ3v) is 5.16. The Morgan fingerprint density at radius 3 is 2.18 bits per heavy atom. The summed E-state index contributed by atoms with van der Waals surface area (Å²) >= 11 is 19.3. The van der Waals surface area contributed by atoms with E-state index in [9.17, 15) is 4.79 Å². The molecule has 1 amide bonds. The number of halogens is 3. The molecule has 0 heterocycles. The highest BCUT2D eigenvalue weighted by atomic mass is 35.6. The summed E-state index contributed by atoms with van der Waals surface area (Å²) in [5.41, 5.74) is 1.60. The number of benzene rings is 2. The van der Waals surface area contributed by atoms with E-state index in [-0.39, 0.29) is 5.91 Å². The fraction of sp³-hybridized carbons (Fsp3) is 0.188. The largest absolute Gasteiger partial charge is 0.336 e. The number of aryl methyl sites for hydroxylation is 1. The molecule has 0 saturated carbocycles. The van der Waals surface area contributed by atoms with Crippen molar-refractivity contribution < 1.29 is 4.79 Å². The average Bonchev–Trinajstić information content (AvgIpc) is 2.47. The first-order valence-electron chi connectivity index (χ1n) is 6.52. The van der Waals surface area contributed by atoms with Crippen LogP contribution in [-0.4, -0.2) is 15.1 Å². The molecule has 0 fully saturated rings. The molecule has 0 aliphatic rings. The van der Waals surface area contributed by atoms with E-state index in [0.717, 1.165) is 10.5 Å². The van der Waals surface area contributed by atoms with Gasteiger partial charge in [-0.2, -0.15) is 0 Å². The minimum atomic E-state index is -1.62. The van der Waals surface area contributed by atoms with Crippen molar-refractivity contribution in [2.24, 2.45) is 0 Å². The fourth-order valence-corrected chi connectivity index (χ4v) is 3.17. The van der Waals surface area contributed by atoms with Crippen LogP contribution < -0.4 is 5.32 Å². The second-order valence-corrected chi connectivity index (χ2v) is 8.24. The summed E-state index contributed by atoms with van der Waals surface area (Å²) in [4.78, 5) is 13.2. The van der Waals surface area contributed by atoms with Gasteiger partial charge in [-0.05, 0) is 31.2 Å². The highest BCUT2D eigenvalue weighted by molar-refractivity contribution is 8.00. The Labute approximate surface area is 149 Å². The second-order valence-electron chi connectivity index (χ2n) is 4.69. The van der Waals surface area contributed by atoms with E-state index in [1.807, 2.05) is 49.4 Å². The van der Waals surface area contributed by atoms with Crippen molar-refractivity contribution in [1.29, 1.82) is 0 Å². The number of nitrogens with one attached hydrogen (secondary N) is 1. The van der Waals surface area contributed by atoms with Gasteiger partial charge in [-0.15, -0.1) is 0 Å². The second kappa shape index (κ2) is 7.60. The van der Waals surface area contributed by atoms with Crippen LogP contribution in [0, 0.1) is 6.92 Å². The Hall–Kier alpha value is -0.870. The monoisotopic (exact) mass is 373 g/mol. The number of carbonyl (C=O) groups excluding carboxylic acids is 1. The van der Waals surface area contributed by atoms with Crippen LogP contribution in [0.3, 0.4) is 0 Å². The minimum Gasteiger partial charge on any atom is -0.336 e. The zero-order valence-electron chi connectivity index (χ0n) is 11.7. The van der Waals surface area contributed by atoms with Gasteiger partial charge in [0.25, 0.3) is 5.91 Å². The van der Waals surface area contributed by atoms with Crippen LogP contribution in [0.15, 0.2) is 59.5 Å². The molecule has 1 atom stereocenters. The highest BCUT2D eigenvalue weighted by Gasteiger charge is 2.35. The van der Waals surface area contributed by atoms with Gasteiger partial charge in [-0.3, -0.25) is 4.79 Å². The van der Waals surface area contributed by atoms with Gasteiger partial charge >= 0.3 is 0 Å². The summed E-state index contributed by atoms with van der Waals surface area (Å²) in [7, 11) is 0. The molecule has 0 aliphatic heterocycles. The normalized spacial score (nSPS) is 12.7. The predicted octanol–water partition coefficient (Wildman–Crippen LogP) is 5.21. The van der Waals surface area contributed by atoms with Crippen molar-refractivity contribution >= 4 is 52.5 Å². The molecule has 0 radical (unpaired) electrons. The van der Waals surface area contributed by atoms with E-state index in [1.165, 1.54) is 11.8 Å². The molecule has 2 rings (SSSR count). The SMILES string of the molecule is Cc1ccc(C(=O)NC(Sc2ccccc2)C(Cl)(Cl)Cl)cc1. The number of thioether (sulfide) groups is 1. The first-order chi connectivity index (χ1) is 10.4. The summed E-state index contributed by atoms with van der Waals surface area (Å²) < 4.78 is -1.62. The van der Waals surface area contributed by atoms with Crippen molar-refractivity contribution in [2.45, 2.75) is 21.0 Å². The lowest BCUT2D eigenvalue weighted by Crippen LogP contribution is -2.41. The lowest BCUT2D eigenvalue weighted by atomic mass is 10.1. The predicted molar refractivity (Wildman–Crippen MR) is 95.0 cm³/mol. The standard InChI is InChI=1S/C16H14Cl3NOS/c1-11-7-9-12(10-8-11)14(21)20-15(16(17,18)19)22-13-5-3-2-4-6-13/h2-10,15H,1H3,(H,20,21). The third kappa shape index (κ3) is 5.10. The maximum atomic E-state index is 12.3. The Morgan fingerprint density at radius 1 is 1.05 bits per heavy atom. The van der Waals surface area contributed by atoms with Gasteiger partial charge in [0.2, 0.25) is 3.79 Å². The molecule has 0 aromatic heterocycles. The van der Waals surface area contributed by atoms with E-state index >= 15 is 0 Å². The van der Waals surface area contributed by atoms with Crippen LogP contribution in [0.2, 0.25) is 0 Å². The van der Waals surface area contributed by atoms with Crippen molar-refractivity contribution in [3.8, 4) is 0 Å². The van der Waals surface area contributed by atoms with Gasteiger partial charge in [0.05, 0.1) is 0 Å². The van der Waals surface area contributed by atoms with Gasteiger partial charge < -0.3 is 5.32 Å². The summed E-state index contributed by atoms with van der Waals surface area (Å²) in [5.74, 6) is -0.278. The average molecular weight is 375 g/mol.